The van der Waals surface area contributed by atoms with Gasteiger partial charge < -0.3 is 0 Å². The van der Waals surface area contributed by atoms with Crippen LogP contribution >= 0.6 is 11.8 Å². The van der Waals surface area contributed by atoms with E-state index in [0.29, 0.717) is 0 Å². The van der Waals surface area contributed by atoms with Crippen molar-refractivity contribution in [2.24, 2.45) is 10.9 Å². The van der Waals surface area contributed by atoms with Crippen LogP contribution in [0.3, 0.4) is 0 Å². The third kappa shape index (κ3) is 2.12. The maximum absolute atomic E-state index is 7.89. The summed E-state index contributed by atoms with van der Waals surface area (Å²) < 4.78 is 0. The van der Waals surface area contributed by atoms with Gasteiger partial charge in [0.1, 0.15) is 5.04 Å². The Bertz CT molecular complexity index is 397. The minimum absolute atomic E-state index is 0.217. The number of hydrogen-bond acceptors (Lipinski definition) is 3. The molecule has 2 rings (SSSR count). The van der Waals surface area contributed by atoms with E-state index in [9.17, 15) is 0 Å². The van der Waals surface area contributed by atoms with Crippen LogP contribution in [0.1, 0.15) is 19.4 Å². The minimum Gasteiger partial charge on any atom is -0.298 e. The first-order chi connectivity index (χ1) is 7.18. The van der Waals surface area contributed by atoms with Crippen molar-refractivity contribution in [2.75, 3.05) is 0 Å². The van der Waals surface area contributed by atoms with Gasteiger partial charge in [-0.1, -0.05) is 49.0 Å². The van der Waals surface area contributed by atoms with Gasteiger partial charge in [-0.05, 0) is 6.92 Å². The van der Waals surface area contributed by atoms with Gasteiger partial charge in [0.25, 0.3) is 0 Å². The summed E-state index contributed by atoms with van der Waals surface area (Å²) >= 11 is 1.48. The molecule has 78 valence electrons. The lowest BCUT2D eigenvalue weighted by Gasteiger charge is -2.24. The van der Waals surface area contributed by atoms with Crippen molar-refractivity contribution >= 4 is 21.8 Å². The molecule has 1 N–H and O–H groups in total. The molecule has 2 atom stereocenters. The molecule has 3 heteroatoms. The van der Waals surface area contributed by atoms with E-state index in [1.807, 2.05) is 30.3 Å². The highest BCUT2D eigenvalue weighted by molar-refractivity contribution is 8.27. The van der Waals surface area contributed by atoms with Crippen LogP contribution < -0.4 is 0 Å². The Kier molecular flexibility index (Phi) is 2.91. The van der Waals surface area contributed by atoms with Crippen molar-refractivity contribution in [1.82, 2.24) is 0 Å². The molecule has 2 unspecified atom stereocenters. The molecule has 1 aromatic carbocycles. The fraction of sp³-hybridized carbons (Fsp3) is 0.333. The fourth-order valence-electron chi connectivity index (χ4n) is 1.45. The molecule has 1 aliphatic rings. The van der Waals surface area contributed by atoms with Gasteiger partial charge in [0.05, 0.1) is 11.1 Å². The second-order valence-corrected chi connectivity index (χ2v) is 4.83. The molecule has 0 radical (unpaired) electrons. The molecule has 0 spiro atoms. The van der Waals surface area contributed by atoms with Gasteiger partial charge in [-0.3, -0.25) is 10.4 Å². The predicted molar refractivity (Wildman–Crippen MR) is 66.9 cm³/mol. The van der Waals surface area contributed by atoms with E-state index in [1.165, 1.54) is 11.8 Å². The van der Waals surface area contributed by atoms with Gasteiger partial charge in [0, 0.05) is 11.5 Å². The molecule has 1 aliphatic heterocycles. The smallest absolute Gasteiger partial charge is 0.104 e. The van der Waals surface area contributed by atoms with Crippen LogP contribution in [-0.2, 0) is 0 Å². The van der Waals surface area contributed by atoms with E-state index in [-0.39, 0.29) is 12.0 Å². The Balaban J connectivity index is 2.32. The molecule has 0 saturated carbocycles. The summed E-state index contributed by atoms with van der Waals surface area (Å²) in [6.07, 6.45) is 0. The Morgan fingerprint density at radius 2 is 1.87 bits per heavy atom. The summed E-state index contributed by atoms with van der Waals surface area (Å²) in [7, 11) is 0. The first kappa shape index (κ1) is 10.4. The van der Waals surface area contributed by atoms with E-state index in [2.05, 4.69) is 18.8 Å². The Morgan fingerprint density at radius 3 is 2.47 bits per heavy atom. The second kappa shape index (κ2) is 4.19. The average molecular weight is 218 g/mol. The van der Waals surface area contributed by atoms with Gasteiger partial charge in [0.15, 0.2) is 0 Å². The number of benzene rings is 1. The molecule has 0 aliphatic carbocycles. The van der Waals surface area contributed by atoms with E-state index < -0.39 is 0 Å². The number of rotatable bonds is 1. The molecule has 0 fully saturated rings. The molecule has 0 saturated heterocycles. The van der Waals surface area contributed by atoms with E-state index in [0.717, 1.165) is 15.7 Å². The highest BCUT2D eigenvalue weighted by Gasteiger charge is 2.24. The van der Waals surface area contributed by atoms with Crippen LogP contribution in [0.2, 0.25) is 0 Å². The Morgan fingerprint density at radius 1 is 1.20 bits per heavy atom. The first-order valence-electron chi connectivity index (χ1n) is 5.08. The quantitative estimate of drug-likeness (QED) is 0.772. The van der Waals surface area contributed by atoms with Crippen molar-refractivity contribution in [2.45, 2.75) is 19.9 Å². The first-order valence-corrected chi connectivity index (χ1v) is 5.89. The van der Waals surface area contributed by atoms with Gasteiger partial charge >= 0.3 is 0 Å². The van der Waals surface area contributed by atoms with Crippen LogP contribution in [0.5, 0.6) is 0 Å². The zero-order chi connectivity index (χ0) is 10.8. The molecular weight excluding hydrogens is 204 g/mol. The number of nitrogens with zero attached hydrogens (tertiary/aromatic N) is 1. The summed E-state index contributed by atoms with van der Waals surface area (Å²) in [4.78, 5) is 4.62. The number of thioether (sulfide) groups is 1. The normalized spacial score (nSPS) is 26.3. The Labute approximate surface area is 94.3 Å². The number of aliphatic imine (C=N–C) groups is 1. The molecule has 1 aromatic rings. The van der Waals surface area contributed by atoms with Crippen molar-refractivity contribution in [3.05, 3.63) is 35.9 Å². The molecule has 0 bridgehead atoms. The highest BCUT2D eigenvalue weighted by Crippen LogP contribution is 2.27. The average Bonchev–Trinajstić information content (AvgIpc) is 2.26. The van der Waals surface area contributed by atoms with Gasteiger partial charge in [-0.25, -0.2) is 0 Å². The molecule has 2 nitrogen and oxygen atoms in total. The number of hydrogen-bond donors (Lipinski definition) is 1. The second-order valence-electron chi connectivity index (χ2n) is 3.80. The van der Waals surface area contributed by atoms with E-state index in [1.54, 1.807) is 0 Å². The summed E-state index contributed by atoms with van der Waals surface area (Å²) in [5, 5.41) is 9.58. The maximum atomic E-state index is 7.89. The summed E-state index contributed by atoms with van der Waals surface area (Å²) in [5.74, 6) is 0.252. The molecule has 15 heavy (non-hydrogen) atoms. The van der Waals surface area contributed by atoms with Crippen molar-refractivity contribution in [3.63, 3.8) is 0 Å². The van der Waals surface area contributed by atoms with Gasteiger partial charge in [-0.2, -0.15) is 0 Å². The SMILES string of the molecule is CC1N=C(c2ccccc2)SC(=N)C1C. The molecule has 1 heterocycles. The third-order valence-corrected chi connectivity index (χ3v) is 3.81. The Hall–Kier alpha value is -1.09. The fourth-order valence-corrected chi connectivity index (χ4v) is 2.52. The van der Waals surface area contributed by atoms with Crippen LogP contribution in [-0.4, -0.2) is 16.1 Å². The van der Waals surface area contributed by atoms with Gasteiger partial charge in [0.2, 0.25) is 0 Å². The predicted octanol–water partition coefficient (Wildman–Crippen LogP) is 3.18. The van der Waals surface area contributed by atoms with Gasteiger partial charge in [-0.15, -0.1) is 0 Å². The van der Waals surface area contributed by atoms with E-state index in [4.69, 9.17) is 5.41 Å². The van der Waals surface area contributed by atoms with Crippen LogP contribution in [0.25, 0.3) is 0 Å². The topological polar surface area (TPSA) is 36.2 Å². The lowest BCUT2D eigenvalue weighted by atomic mass is 10.1. The minimum atomic E-state index is 0.217. The van der Waals surface area contributed by atoms with Crippen LogP contribution in [0, 0.1) is 11.3 Å². The lowest BCUT2D eigenvalue weighted by Crippen LogP contribution is -2.26. The zero-order valence-corrected chi connectivity index (χ0v) is 9.71. The largest absolute Gasteiger partial charge is 0.298 e. The molecule has 0 aromatic heterocycles. The van der Waals surface area contributed by atoms with Crippen LogP contribution in [0.15, 0.2) is 35.3 Å². The zero-order valence-electron chi connectivity index (χ0n) is 8.90. The van der Waals surface area contributed by atoms with Crippen molar-refractivity contribution in [3.8, 4) is 0 Å². The van der Waals surface area contributed by atoms with Crippen LogP contribution in [0.4, 0.5) is 0 Å². The number of nitrogens with one attached hydrogen (secondary N) is 1. The third-order valence-electron chi connectivity index (χ3n) is 2.69. The lowest BCUT2D eigenvalue weighted by molar-refractivity contribution is 0.619. The standard InChI is InChI=1S/C12H14N2S/c1-8-9(2)14-12(15-11(8)13)10-6-4-3-5-7-10/h3-9,13H,1-2H3. The molecule has 0 amide bonds. The monoisotopic (exact) mass is 218 g/mol. The van der Waals surface area contributed by atoms with Crippen molar-refractivity contribution < 1.29 is 0 Å². The van der Waals surface area contributed by atoms with Crippen molar-refractivity contribution in [1.29, 1.82) is 5.41 Å². The molecular formula is C12H14N2S. The summed E-state index contributed by atoms with van der Waals surface area (Å²) in [6, 6.07) is 10.3. The summed E-state index contributed by atoms with van der Waals surface area (Å²) in [6.45, 7) is 4.13. The summed E-state index contributed by atoms with van der Waals surface area (Å²) in [5.41, 5.74) is 1.12. The highest BCUT2D eigenvalue weighted by atomic mass is 32.2. The van der Waals surface area contributed by atoms with E-state index >= 15 is 0 Å². The maximum Gasteiger partial charge on any atom is 0.104 e.